The molecule has 1 N–H and O–H groups in total. The van der Waals surface area contributed by atoms with Crippen molar-refractivity contribution in [1.82, 2.24) is 34.7 Å². The summed E-state index contributed by atoms with van der Waals surface area (Å²) in [6, 6.07) is 7.66. The molecule has 0 atom stereocenters. The average molecular weight is 364 g/mol. The number of hydrogen-bond donors (Lipinski definition) is 1. The van der Waals surface area contributed by atoms with Crippen LogP contribution in [0.25, 0.3) is 16.9 Å². The normalized spacial score (nSPS) is 11.0. The van der Waals surface area contributed by atoms with Crippen LogP contribution in [-0.2, 0) is 13.5 Å². The summed E-state index contributed by atoms with van der Waals surface area (Å²) in [4.78, 5) is 8.88. The number of benzene rings is 1. The van der Waals surface area contributed by atoms with E-state index in [-0.39, 0.29) is 0 Å². The first kappa shape index (κ1) is 17.0. The van der Waals surface area contributed by atoms with Gasteiger partial charge in [-0.2, -0.15) is 14.8 Å². The molecule has 0 radical (unpaired) electrons. The third-order valence-corrected chi connectivity index (χ3v) is 4.04. The van der Waals surface area contributed by atoms with Crippen molar-refractivity contribution in [3.05, 3.63) is 48.4 Å². The Bertz CT molecular complexity index is 1040. The molecule has 0 spiro atoms. The van der Waals surface area contributed by atoms with E-state index in [1.165, 1.54) is 0 Å². The standard InChI is InChI=1S/C18H20N8O/c1-3-27-15-6-4-14(5-7-15)26-17-16(23-24-26)11-20-18(22-17)19-9-8-13-10-21-25(2)12-13/h4-7,10-12H,3,8-9H2,1-2H3,(H,19,20,22). The van der Waals surface area contributed by atoms with Crippen molar-refractivity contribution in [3.8, 4) is 11.4 Å². The van der Waals surface area contributed by atoms with E-state index in [1.54, 1.807) is 15.6 Å². The summed E-state index contributed by atoms with van der Waals surface area (Å²) in [6.45, 7) is 3.30. The van der Waals surface area contributed by atoms with Crippen LogP contribution in [0.5, 0.6) is 5.75 Å². The molecule has 0 saturated carbocycles. The van der Waals surface area contributed by atoms with Crippen LogP contribution in [0.1, 0.15) is 12.5 Å². The lowest BCUT2D eigenvalue weighted by Gasteiger charge is -2.06. The Kier molecular flexibility index (Phi) is 4.65. The monoisotopic (exact) mass is 364 g/mol. The van der Waals surface area contributed by atoms with Crippen molar-refractivity contribution >= 4 is 17.1 Å². The molecule has 0 saturated heterocycles. The van der Waals surface area contributed by atoms with Gasteiger partial charge in [0.1, 0.15) is 5.75 Å². The van der Waals surface area contributed by atoms with E-state index in [4.69, 9.17) is 4.74 Å². The quantitative estimate of drug-likeness (QED) is 0.536. The molecule has 0 bridgehead atoms. The molecule has 1 aromatic carbocycles. The van der Waals surface area contributed by atoms with E-state index >= 15 is 0 Å². The molecule has 0 aliphatic carbocycles. The molecule has 0 unspecified atom stereocenters. The van der Waals surface area contributed by atoms with E-state index in [1.807, 2.05) is 50.6 Å². The lowest BCUT2D eigenvalue weighted by atomic mass is 10.2. The highest BCUT2D eigenvalue weighted by atomic mass is 16.5. The van der Waals surface area contributed by atoms with Crippen molar-refractivity contribution < 1.29 is 4.74 Å². The molecule has 138 valence electrons. The van der Waals surface area contributed by atoms with E-state index in [0.29, 0.717) is 30.3 Å². The second-order valence-electron chi connectivity index (χ2n) is 6.03. The van der Waals surface area contributed by atoms with Gasteiger partial charge in [-0.1, -0.05) is 5.21 Å². The van der Waals surface area contributed by atoms with Crippen molar-refractivity contribution in [3.63, 3.8) is 0 Å². The predicted octanol–water partition coefficient (Wildman–Crippen LogP) is 2.00. The molecule has 3 heterocycles. The highest BCUT2D eigenvalue weighted by molar-refractivity contribution is 5.71. The first-order valence-electron chi connectivity index (χ1n) is 8.76. The summed E-state index contributed by atoms with van der Waals surface area (Å²) in [5.41, 5.74) is 3.31. The number of nitrogens with one attached hydrogen (secondary N) is 1. The minimum Gasteiger partial charge on any atom is -0.494 e. The first-order chi connectivity index (χ1) is 13.2. The van der Waals surface area contributed by atoms with Crippen LogP contribution >= 0.6 is 0 Å². The fourth-order valence-corrected chi connectivity index (χ4v) is 2.76. The average Bonchev–Trinajstić information content (AvgIpc) is 3.28. The second kappa shape index (κ2) is 7.40. The Morgan fingerprint density at radius 1 is 1.15 bits per heavy atom. The highest BCUT2D eigenvalue weighted by Crippen LogP contribution is 2.18. The molecule has 3 aromatic heterocycles. The number of ether oxygens (including phenoxy) is 1. The number of fused-ring (bicyclic) bond motifs is 1. The van der Waals surface area contributed by atoms with Crippen LogP contribution < -0.4 is 10.1 Å². The van der Waals surface area contributed by atoms with Crippen LogP contribution in [0, 0.1) is 0 Å². The minimum absolute atomic E-state index is 0.542. The van der Waals surface area contributed by atoms with E-state index in [0.717, 1.165) is 23.4 Å². The summed E-state index contributed by atoms with van der Waals surface area (Å²) < 4.78 is 8.96. The first-order valence-corrected chi connectivity index (χ1v) is 8.76. The van der Waals surface area contributed by atoms with E-state index in [9.17, 15) is 0 Å². The van der Waals surface area contributed by atoms with Crippen LogP contribution in [0.4, 0.5) is 5.95 Å². The zero-order chi connectivity index (χ0) is 18.6. The van der Waals surface area contributed by atoms with Crippen LogP contribution in [0.15, 0.2) is 42.9 Å². The zero-order valence-corrected chi connectivity index (χ0v) is 15.2. The van der Waals surface area contributed by atoms with Gasteiger partial charge in [-0.25, -0.2) is 4.98 Å². The van der Waals surface area contributed by atoms with Gasteiger partial charge < -0.3 is 10.1 Å². The summed E-state index contributed by atoms with van der Waals surface area (Å²) in [5.74, 6) is 1.36. The number of aromatic nitrogens is 7. The summed E-state index contributed by atoms with van der Waals surface area (Å²) in [5, 5.41) is 15.7. The molecule has 4 rings (SSSR count). The van der Waals surface area contributed by atoms with Gasteiger partial charge in [-0.15, -0.1) is 5.10 Å². The predicted molar refractivity (Wildman–Crippen MR) is 101 cm³/mol. The lowest BCUT2D eigenvalue weighted by Crippen LogP contribution is -2.08. The maximum absolute atomic E-state index is 5.48. The number of rotatable bonds is 7. The third kappa shape index (κ3) is 3.71. The van der Waals surface area contributed by atoms with Gasteiger partial charge in [-0.3, -0.25) is 4.68 Å². The molecule has 0 aliphatic heterocycles. The van der Waals surface area contributed by atoms with Crippen molar-refractivity contribution in [2.45, 2.75) is 13.3 Å². The Balaban J connectivity index is 1.52. The maximum atomic E-state index is 5.48. The van der Waals surface area contributed by atoms with Crippen molar-refractivity contribution in [2.75, 3.05) is 18.5 Å². The summed E-state index contributed by atoms with van der Waals surface area (Å²) >= 11 is 0. The molecular formula is C18H20N8O. The molecule has 0 amide bonds. The van der Waals surface area contributed by atoms with Gasteiger partial charge in [0.05, 0.1) is 24.7 Å². The molecule has 9 nitrogen and oxygen atoms in total. The fourth-order valence-electron chi connectivity index (χ4n) is 2.76. The summed E-state index contributed by atoms with van der Waals surface area (Å²) in [7, 11) is 1.91. The molecular weight excluding hydrogens is 344 g/mol. The van der Waals surface area contributed by atoms with Gasteiger partial charge in [0.2, 0.25) is 5.95 Å². The Morgan fingerprint density at radius 3 is 2.74 bits per heavy atom. The Morgan fingerprint density at radius 2 is 2.00 bits per heavy atom. The highest BCUT2D eigenvalue weighted by Gasteiger charge is 2.10. The number of anilines is 1. The third-order valence-electron chi connectivity index (χ3n) is 4.04. The Hall–Kier alpha value is -3.49. The summed E-state index contributed by atoms with van der Waals surface area (Å²) in [6.07, 6.45) is 6.37. The number of nitrogens with zero attached hydrogens (tertiary/aromatic N) is 7. The van der Waals surface area contributed by atoms with Crippen molar-refractivity contribution in [1.29, 1.82) is 0 Å². The number of hydrogen-bond acceptors (Lipinski definition) is 7. The van der Waals surface area contributed by atoms with Crippen LogP contribution in [0.2, 0.25) is 0 Å². The van der Waals surface area contributed by atoms with Crippen molar-refractivity contribution in [2.24, 2.45) is 7.05 Å². The molecule has 0 fully saturated rings. The molecule has 9 heteroatoms. The van der Waals surface area contributed by atoms with Crippen LogP contribution in [-0.4, -0.2) is 47.9 Å². The fraction of sp³-hybridized carbons (Fsp3) is 0.278. The van der Waals surface area contributed by atoms with Gasteiger partial charge in [0, 0.05) is 19.8 Å². The topological polar surface area (TPSA) is 95.6 Å². The maximum Gasteiger partial charge on any atom is 0.224 e. The number of aryl methyl sites for hydroxylation is 1. The van der Waals surface area contributed by atoms with Gasteiger partial charge in [0.15, 0.2) is 11.2 Å². The molecule has 27 heavy (non-hydrogen) atoms. The van der Waals surface area contributed by atoms with Gasteiger partial charge in [-0.05, 0) is 43.2 Å². The van der Waals surface area contributed by atoms with Gasteiger partial charge in [0.25, 0.3) is 0 Å². The smallest absolute Gasteiger partial charge is 0.224 e. The lowest BCUT2D eigenvalue weighted by molar-refractivity contribution is 0.340. The second-order valence-corrected chi connectivity index (χ2v) is 6.03. The largest absolute Gasteiger partial charge is 0.494 e. The van der Waals surface area contributed by atoms with E-state index in [2.05, 4.69) is 30.7 Å². The van der Waals surface area contributed by atoms with Crippen LogP contribution in [0.3, 0.4) is 0 Å². The van der Waals surface area contributed by atoms with Gasteiger partial charge >= 0.3 is 0 Å². The van der Waals surface area contributed by atoms with E-state index < -0.39 is 0 Å². The zero-order valence-electron chi connectivity index (χ0n) is 15.2. The molecule has 4 aromatic rings. The molecule has 0 aliphatic rings. The minimum atomic E-state index is 0.542. The Labute approximate surface area is 156 Å². The SMILES string of the molecule is CCOc1ccc(-n2nnc3cnc(NCCc4cnn(C)c4)nc32)cc1.